The van der Waals surface area contributed by atoms with Gasteiger partial charge in [0.2, 0.25) is 11.9 Å². The summed E-state index contributed by atoms with van der Waals surface area (Å²) in [5.74, 6) is 0.638. The average molecular weight is 478 g/mol. The molecular formula is C20H30F3N5O3S. The van der Waals surface area contributed by atoms with Gasteiger partial charge in [-0.3, -0.25) is 4.79 Å². The van der Waals surface area contributed by atoms with Crippen LogP contribution in [-0.4, -0.2) is 64.8 Å². The van der Waals surface area contributed by atoms with Gasteiger partial charge in [-0.25, -0.2) is 14.8 Å². The highest BCUT2D eigenvalue weighted by atomic mass is 32.2. The minimum Gasteiger partial charge on any atom is -0.444 e. The second-order valence-corrected chi connectivity index (χ2v) is 9.51. The van der Waals surface area contributed by atoms with E-state index in [4.69, 9.17) is 4.74 Å². The largest absolute Gasteiger partial charge is 0.444 e. The Kier molecular flexibility index (Phi) is 8.99. The van der Waals surface area contributed by atoms with Gasteiger partial charge >= 0.3 is 12.3 Å². The highest BCUT2D eigenvalue weighted by Gasteiger charge is 2.32. The summed E-state index contributed by atoms with van der Waals surface area (Å²) in [6.07, 6.45) is -0.0329. The predicted octanol–water partition coefficient (Wildman–Crippen LogP) is 3.23. The molecule has 2 N–H and O–H groups in total. The molecule has 0 radical (unpaired) electrons. The summed E-state index contributed by atoms with van der Waals surface area (Å²) in [4.78, 5) is 34.3. The molecule has 2 rings (SSSR count). The monoisotopic (exact) mass is 477 g/mol. The standard InChI is InChI=1S/C20H30F3N5O3S/c1-19(2,3)31-18(30)27-15(7-10-32-4)16(29)26-14-5-8-28(9-6-14)17-24-11-13(12-25-17)20(21,22)23/h11-12,14-15H,5-10H2,1-4H3,(H,26,29)(H,27,30)/t15-/m1/s1. The molecule has 0 saturated carbocycles. The Hall–Kier alpha value is -2.24. The van der Waals surface area contributed by atoms with E-state index in [0.717, 1.165) is 12.4 Å². The van der Waals surface area contributed by atoms with Gasteiger partial charge in [-0.1, -0.05) is 0 Å². The molecule has 32 heavy (non-hydrogen) atoms. The number of thioether (sulfide) groups is 1. The van der Waals surface area contributed by atoms with Crippen molar-refractivity contribution in [1.29, 1.82) is 0 Å². The molecule has 1 saturated heterocycles. The Morgan fingerprint density at radius 1 is 1.22 bits per heavy atom. The van der Waals surface area contributed by atoms with Gasteiger partial charge in [0.25, 0.3) is 0 Å². The van der Waals surface area contributed by atoms with Crippen LogP contribution in [0.4, 0.5) is 23.9 Å². The fourth-order valence-electron chi connectivity index (χ4n) is 3.11. The van der Waals surface area contributed by atoms with Crippen LogP contribution >= 0.6 is 11.8 Å². The fraction of sp³-hybridized carbons (Fsp3) is 0.700. The first-order valence-corrected chi connectivity index (χ1v) is 11.7. The number of nitrogens with zero attached hydrogens (tertiary/aromatic N) is 3. The van der Waals surface area contributed by atoms with Crippen LogP contribution in [0.5, 0.6) is 0 Å². The van der Waals surface area contributed by atoms with Crippen molar-refractivity contribution in [1.82, 2.24) is 20.6 Å². The SMILES string of the molecule is CSCC[C@@H](NC(=O)OC(C)(C)C)C(=O)NC1CCN(c2ncc(C(F)(F)F)cn2)CC1. The molecule has 1 aliphatic heterocycles. The number of ether oxygens (including phenoxy) is 1. The number of hydrogen-bond donors (Lipinski definition) is 2. The third-order valence-electron chi connectivity index (χ3n) is 4.71. The van der Waals surface area contributed by atoms with Gasteiger partial charge in [0.15, 0.2) is 0 Å². The first-order chi connectivity index (χ1) is 14.9. The number of nitrogens with one attached hydrogen (secondary N) is 2. The molecule has 1 aromatic heterocycles. The molecule has 0 spiro atoms. The third kappa shape index (κ3) is 8.36. The van der Waals surface area contributed by atoms with E-state index in [1.165, 1.54) is 0 Å². The average Bonchev–Trinajstić information content (AvgIpc) is 2.69. The molecule has 2 heterocycles. The highest BCUT2D eigenvalue weighted by Crippen LogP contribution is 2.28. The van der Waals surface area contributed by atoms with E-state index in [0.29, 0.717) is 38.1 Å². The van der Waals surface area contributed by atoms with Gasteiger partial charge in [-0.2, -0.15) is 24.9 Å². The van der Waals surface area contributed by atoms with Gasteiger partial charge in [-0.15, -0.1) is 0 Å². The molecule has 12 heteroatoms. The number of piperidine rings is 1. The highest BCUT2D eigenvalue weighted by molar-refractivity contribution is 7.98. The lowest BCUT2D eigenvalue weighted by atomic mass is 10.0. The number of alkyl halides is 3. The number of carbonyl (C=O) groups is 2. The lowest BCUT2D eigenvalue weighted by Gasteiger charge is -2.33. The zero-order valence-corrected chi connectivity index (χ0v) is 19.5. The number of aromatic nitrogens is 2. The summed E-state index contributed by atoms with van der Waals surface area (Å²) in [5.41, 5.74) is -1.56. The Morgan fingerprint density at radius 3 is 2.31 bits per heavy atom. The zero-order chi connectivity index (χ0) is 23.9. The predicted molar refractivity (Wildman–Crippen MR) is 117 cm³/mol. The normalized spacial score (nSPS) is 16.4. The van der Waals surface area contributed by atoms with E-state index in [-0.39, 0.29) is 17.9 Å². The summed E-state index contributed by atoms with van der Waals surface area (Å²) in [5, 5.41) is 5.60. The molecule has 0 aliphatic carbocycles. The van der Waals surface area contributed by atoms with Crippen LogP contribution in [0.25, 0.3) is 0 Å². The van der Waals surface area contributed by atoms with E-state index in [1.54, 1.807) is 37.4 Å². The van der Waals surface area contributed by atoms with E-state index in [2.05, 4.69) is 20.6 Å². The summed E-state index contributed by atoms with van der Waals surface area (Å²) in [7, 11) is 0. The molecule has 0 aromatic carbocycles. The molecule has 1 aromatic rings. The third-order valence-corrected chi connectivity index (χ3v) is 5.35. The molecule has 1 atom stereocenters. The van der Waals surface area contributed by atoms with Crippen molar-refractivity contribution in [2.24, 2.45) is 0 Å². The fourth-order valence-corrected chi connectivity index (χ4v) is 3.58. The van der Waals surface area contributed by atoms with E-state index < -0.39 is 29.5 Å². The number of rotatable bonds is 7. The van der Waals surface area contributed by atoms with Crippen LogP contribution < -0.4 is 15.5 Å². The number of carbonyl (C=O) groups excluding carboxylic acids is 2. The minimum atomic E-state index is -4.48. The van der Waals surface area contributed by atoms with Crippen molar-refractivity contribution in [3.63, 3.8) is 0 Å². The lowest BCUT2D eigenvalue weighted by Crippen LogP contribution is -2.53. The van der Waals surface area contributed by atoms with Gasteiger partial charge in [0, 0.05) is 31.5 Å². The van der Waals surface area contributed by atoms with Gasteiger partial charge in [-0.05, 0) is 52.0 Å². The number of hydrogen-bond acceptors (Lipinski definition) is 7. The van der Waals surface area contributed by atoms with Crippen molar-refractivity contribution in [2.75, 3.05) is 30.0 Å². The van der Waals surface area contributed by atoms with E-state index in [9.17, 15) is 22.8 Å². The molecule has 8 nitrogen and oxygen atoms in total. The molecule has 0 unspecified atom stereocenters. The molecule has 1 fully saturated rings. The van der Waals surface area contributed by atoms with Crippen molar-refractivity contribution in [2.45, 2.75) is 63.9 Å². The van der Waals surface area contributed by atoms with Crippen molar-refractivity contribution >= 4 is 29.7 Å². The number of halogens is 3. The zero-order valence-electron chi connectivity index (χ0n) is 18.7. The number of amides is 2. The second-order valence-electron chi connectivity index (χ2n) is 8.52. The molecule has 180 valence electrons. The Bertz CT molecular complexity index is 763. The number of anilines is 1. The lowest BCUT2D eigenvalue weighted by molar-refractivity contribution is -0.138. The van der Waals surface area contributed by atoms with Gasteiger partial charge in [0.1, 0.15) is 11.6 Å². The maximum absolute atomic E-state index is 12.8. The van der Waals surface area contributed by atoms with Crippen LogP contribution in [0, 0.1) is 0 Å². The summed E-state index contributed by atoms with van der Waals surface area (Å²) >= 11 is 1.57. The van der Waals surface area contributed by atoms with Crippen LogP contribution in [-0.2, 0) is 15.7 Å². The number of alkyl carbamates (subject to hydrolysis) is 1. The van der Waals surface area contributed by atoms with Crippen LogP contribution in [0.3, 0.4) is 0 Å². The second kappa shape index (κ2) is 11.1. The van der Waals surface area contributed by atoms with E-state index in [1.807, 2.05) is 6.26 Å². The summed E-state index contributed by atoms with van der Waals surface area (Å²) in [6, 6.07) is -0.834. The van der Waals surface area contributed by atoms with Gasteiger partial charge < -0.3 is 20.3 Å². The van der Waals surface area contributed by atoms with E-state index >= 15 is 0 Å². The maximum atomic E-state index is 12.8. The Morgan fingerprint density at radius 2 is 1.81 bits per heavy atom. The maximum Gasteiger partial charge on any atom is 0.419 e. The first-order valence-electron chi connectivity index (χ1n) is 10.3. The summed E-state index contributed by atoms with van der Waals surface area (Å²) < 4.78 is 43.3. The smallest absolute Gasteiger partial charge is 0.419 e. The molecule has 2 amide bonds. The minimum absolute atomic E-state index is 0.120. The first kappa shape index (κ1) is 26.0. The summed E-state index contributed by atoms with van der Waals surface area (Å²) in [6.45, 7) is 6.23. The molecular weight excluding hydrogens is 447 g/mol. The van der Waals surface area contributed by atoms with Crippen molar-refractivity contribution in [3.8, 4) is 0 Å². The van der Waals surface area contributed by atoms with Crippen LogP contribution in [0.1, 0.15) is 45.6 Å². The van der Waals surface area contributed by atoms with Crippen LogP contribution in [0.2, 0.25) is 0 Å². The Balaban J connectivity index is 1.89. The topological polar surface area (TPSA) is 96.4 Å². The molecule has 0 bridgehead atoms. The van der Waals surface area contributed by atoms with Crippen molar-refractivity contribution in [3.05, 3.63) is 18.0 Å². The van der Waals surface area contributed by atoms with Crippen LogP contribution in [0.15, 0.2) is 12.4 Å². The Labute approximate surface area is 190 Å². The van der Waals surface area contributed by atoms with Crippen molar-refractivity contribution < 1.29 is 27.5 Å². The molecule has 1 aliphatic rings. The quantitative estimate of drug-likeness (QED) is 0.622. The van der Waals surface area contributed by atoms with Gasteiger partial charge in [0.05, 0.1) is 5.56 Å².